The second-order valence-corrected chi connectivity index (χ2v) is 8.61. The lowest BCUT2D eigenvalue weighted by molar-refractivity contribution is 0.335. The minimum Gasteiger partial charge on any atom is -0.344 e. The lowest BCUT2D eigenvalue weighted by atomic mass is 10.5. The fourth-order valence-electron chi connectivity index (χ4n) is 0.451. The molecule has 0 spiro atoms. The van der Waals surface area contributed by atoms with Gasteiger partial charge in [-0.05, 0) is 12.8 Å². The Morgan fingerprint density at radius 3 is 2.42 bits per heavy atom. The van der Waals surface area contributed by atoms with Crippen molar-refractivity contribution in [3.8, 4) is 0 Å². The van der Waals surface area contributed by atoms with E-state index < -0.39 is 5.77 Å². The summed E-state index contributed by atoms with van der Waals surface area (Å²) in [5, 5.41) is 0. The van der Waals surface area contributed by atoms with Crippen LogP contribution in [-0.2, 0) is 9.09 Å². The fourth-order valence-corrected chi connectivity index (χ4v) is 4.02. The van der Waals surface area contributed by atoms with E-state index in [0.29, 0.717) is 6.61 Å². The predicted octanol–water partition coefficient (Wildman–Crippen LogP) is 3.76. The van der Waals surface area contributed by atoms with Crippen molar-refractivity contribution in [3.05, 3.63) is 0 Å². The van der Waals surface area contributed by atoms with Crippen molar-refractivity contribution in [1.82, 2.24) is 6.15 Å². The van der Waals surface area contributed by atoms with Crippen LogP contribution in [0.1, 0.15) is 26.7 Å². The molecule has 1 unspecified atom stereocenters. The van der Waals surface area contributed by atoms with Crippen molar-refractivity contribution < 1.29 is 9.09 Å². The minimum atomic E-state index is -2.61. The Morgan fingerprint density at radius 2 is 2.00 bits per heavy atom. The van der Waals surface area contributed by atoms with Crippen molar-refractivity contribution in [3.63, 3.8) is 0 Å². The number of rotatable bonds is 6. The highest BCUT2D eigenvalue weighted by atomic mass is 33.1. The molecule has 0 saturated carbocycles. The lowest BCUT2D eigenvalue weighted by Crippen LogP contribution is -1.85. The summed E-state index contributed by atoms with van der Waals surface area (Å²) in [6, 6.07) is 0. The molecule has 0 aromatic rings. The molecule has 0 heterocycles. The van der Waals surface area contributed by atoms with Crippen molar-refractivity contribution in [2.75, 3.05) is 12.4 Å². The zero-order chi connectivity index (χ0) is 8.74. The molecular weight excluding hydrogens is 213 g/mol. The van der Waals surface area contributed by atoms with Gasteiger partial charge in [-0.1, -0.05) is 37.5 Å². The second-order valence-electron chi connectivity index (χ2n) is 2.14. The summed E-state index contributed by atoms with van der Waals surface area (Å²) in [4.78, 5) is 0. The van der Waals surface area contributed by atoms with E-state index in [-0.39, 0.29) is 6.15 Å². The highest BCUT2D eigenvalue weighted by molar-refractivity contribution is 8.84. The Bertz CT molecular complexity index is 134. The normalized spacial score (nSPS) is 14.9. The molecule has 6 heteroatoms. The first-order valence-electron chi connectivity index (χ1n) is 3.74. The monoisotopic (exact) mass is 231 g/mol. The van der Waals surface area contributed by atoms with Crippen LogP contribution >= 0.6 is 29.4 Å². The van der Waals surface area contributed by atoms with Gasteiger partial charge in [0.2, 0.25) is 0 Å². The number of hydrogen-bond acceptors (Lipinski definition) is 4. The molecule has 0 fully saturated rings. The Kier molecular flexibility index (Phi) is 10.8. The third-order valence-electron chi connectivity index (χ3n) is 0.917. The summed E-state index contributed by atoms with van der Waals surface area (Å²) in [5.41, 5.74) is 0. The van der Waals surface area contributed by atoms with Crippen LogP contribution in [0.5, 0.6) is 0 Å². The van der Waals surface area contributed by atoms with Gasteiger partial charge in [0.15, 0.2) is 0 Å². The van der Waals surface area contributed by atoms with Gasteiger partial charge in [0.05, 0.1) is 6.61 Å². The number of hydrogen-bond donors (Lipinski definition) is 2. The zero-order valence-corrected chi connectivity index (χ0v) is 10.3. The maximum Gasteiger partial charge on any atom is 0.310 e. The van der Waals surface area contributed by atoms with Crippen LogP contribution < -0.4 is 6.15 Å². The molecule has 1 atom stereocenters. The second kappa shape index (κ2) is 8.45. The van der Waals surface area contributed by atoms with Crippen LogP contribution in [0, 0.1) is 0 Å². The molecule has 0 bridgehead atoms. The molecule has 76 valence electrons. The number of thiol groups is 1. The van der Waals surface area contributed by atoms with E-state index in [1.54, 1.807) is 0 Å². The molecule has 0 aliphatic carbocycles. The van der Waals surface area contributed by atoms with Crippen molar-refractivity contribution in [2.45, 2.75) is 26.7 Å². The Labute approximate surface area is 84.0 Å². The third-order valence-corrected chi connectivity index (χ3v) is 5.57. The standard InChI is InChI=1S/C6H15O2PS2.H3N/c1-3-5-8-9(7,10)11-6-4-2;/h3-6H2,1-2H3,(H,7,10);1H3. The molecular formula is C6H18NO2PS2. The zero-order valence-electron chi connectivity index (χ0n) is 7.65. The average Bonchev–Trinajstić information content (AvgIpc) is 1.97. The average molecular weight is 231 g/mol. The fraction of sp³-hybridized carbons (Fsp3) is 1.00. The summed E-state index contributed by atoms with van der Waals surface area (Å²) in [6.45, 7) is 4.57. The molecule has 0 aromatic carbocycles. The molecule has 0 saturated heterocycles. The molecule has 3 N–H and O–H groups in total. The van der Waals surface area contributed by atoms with Crippen molar-refractivity contribution >= 4 is 29.4 Å². The van der Waals surface area contributed by atoms with E-state index in [4.69, 9.17) is 4.52 Å². The summed E-state index contributed by atoms with van der Waals surface area (Å²) in [6.07, 6.45) is 1.89. The topological polar surface area (TPSA) is 61.3 Å². The van der Waals surface area contributed by atoms with Gasteiger partial charge in [-0.3, -0.25) is 4.57 Å². The third kappa shape index (κ3) is 8.94. The Balaban J connectivity index is 0. The first kappa shape index (κ1) is 15.3. The summed E-state index contributed by atoms with van der Waals surface area (Å²) in [5.74, 6) is -1.76. The van der Waals surface area contributed by atoms with Crippen LogP contribution in [-0.4, -0.2) is 12.4 Å². The smallest absolute Gasteiger partial charge is 0.310 e. The van der Waals surface area contributed by atoms with E-state index >= 15 is 0 Å². The first-order chi connectivity index (χ1) is 5.12. The van der Waals surface area contributed by atoms with Gasteiger partial charge in [-0.25, -0.2) is 0 Å². The van der Waals surface area contributed by atoms with E-state index in [1.165, 1.54) is 11.4 Å². The largest absolute Gasteiger partial charge is 0.344 e. The molecule has 0 aromatic heterocycles. The molecule has 0 aliphatic heterocycles. The lowest BCUT2D eigenvalue weighted by Gasteiger charge is -2.09. The van der Waals surface area contributed by atoms with Crippen LogP contribution in [0.15, 0.2) is 0 Å². The molecule has 0 aliphatic rings. The van der Waals surface area contributed by atoms with Crippen molar-refractivity contribution in [2.24, 2.45) is 0 Å². The minimum absolute atomic E-state index is 0. The predicted molar refractivity (Wildman–Crippen MR) is 60.6 cm³/mol. The van der Waals surface area contributed by atoms with E-state index in [2.05, 4.69) is 12.2 Å². The summed E-state index contributed by atoms with van der Waals surface area (Å²) in [7, 11) is 0. The van der Waals surface area contributed by atoms with E-state index in [0.717, 1.165) is 18.6 Å². The van der Waals surface area contributed by atoms with E-state index in [1.807, 2.05) is 13.8 Å². The van der Waals surface area contributed by atoms with Gasteiger partial charge in [0.1, 0.15) is 0 Å². The van der Waals surface area contributed by atoms with Gasteiger partial charge in [0.25, 0.3) is 0 Å². The van der Waals surface area contributed by atoms with Gasteiger partial charge in [0, 0.05) is 5.75 Å². The van der Waals surface area contributed by atoms with Crippen LogP contribution in [0.3, 0.4) is 0 Å². The quantitative estimate of drug-likeness (QED) is 0.539. The van der Waals surface area contributed by atoms with Crippen molar-refractivity contribution in [1.29, 1.82) is 0 Å². The molecule has 3 nitrogen and oxygen atoms in total. The highest BCUT2D eigenvalue weighted by Crippen LogP contribution is 2.63. The molecule has 0 amide bonds. The maximum atomic E-state index is 11.3. The Morgan fingerprint density at radius 1 is 1.42 bits per heavy atom. The van der Waals surface area contributed by atoms with E-state index in [9.17, 15) is 4.57 Å². The summed E-state index contributed by atoms with van der Waals surface area (Å²) >= 11 is 5.27. The first-order valence-corrected chi connectivity index (χ1v) is 8.11. The molecule has 12 heavy (non-hydrogen) atoms. The SMILES string of the molecule is CCCOP(=O)(S)SCCC.N. The van der Waals surface area contributed by atoms with Gasteiger partial charge in [-0.2, -0.15) is 0 Å². The van der Waals surface area contributed by atoms with Crippen LogP contribution in [0.2, 0.25) is 0 Å². The molecule has 0 rings (SSSR count). The highest BCUT2D eigenvalue weighted by Gasteiger charge is 2.16. The Hall–Kier alpha value is 0.850. The van der Waals surface area contributed by atoms with Crippen LogP contribution in [0.4, 0.5) is 0 Å². The van der Waals surface area contributed by atoms with Crippen LogP contribution in [0.25, 0.3) is 0 Å². The maximum absolute atomic E-state index is 11.3. The van der Waals surface area contributed by atoms with Gasteiger partial charge in [-0.15, -0.1) is 0 Å². The van der Waals surface area contributed by atoms with Gasteiger partial charge < -0.3 is 10.7 Å². The summed E-state index contributed by atoms with van der Waals surface area (Å²) < 4.78 is 16.4. The molecule has 0 radical (unpaired) electrons. The van der Waals surface area contributed by atoms with Gasteiger partial charge >= 0.3 is 5.77 Å².